The third-order valence-corrected chi connectivity index (χ3v) is 0.779. The van der Waals surface area contributed by atoms with Gasteiger partial charge in [-0.15, -0.1) is 12.4 Å². The van der Waals surface area contributed by atoms with E-state index < -0.39 is 0 Å². The lowest BCUT2D eigenvalue weighted by Crippen LogP contribution is -2.30. The molecule has 0 aliphatic heterocycles. The molecule has 0 saturated carbocycles. The standard InChI is InChI=1S/C3H8N2S2.ClH/c4-3(7)5-1-2-6;/h6H,1-2H2,(H3,4,5,7);1H. The molecule has 2 nitrogen and oxygen atoms in total. The minimum absolute atomic E-state index is 0. The molecule has 0 amide bonds. The third kappa shape index (κ3) is 9.59. The number of hydrogen-bond donors (Lipinski definition) is 3. The minimum atomic E-state index is 0. The normalized spacial score (nSPS) is 7.12. The molecule has 50 valence electrons. The molecule has 8 heavy (non-hydrogen) atoms. The van der Waals surface area contributed by atoms with Crippen molar-refractivity contribution < 1.29 is 0 Å². The second kappa shape index (κ2) is 7.33. The van der Waals surface area contributed by atoms with Crippen molar-refractivity contribution in [1.82, 2.24) is 5.32 Å². The molecule has 3 N–H and O–H groups in total. The fourth-order valence-electron chi connectivity index (χ4n) is 0.179. The molecule has 0 bridgehead atoms. The van der Waals surface area contributed by atoms with Crippen molar-refractivity contribution in [2.24, 2.45) is 5.73 Å². The molecule has 0 saturated heterocycles. The van der Waals surface area contributed by atoms with Crippen LogP contribution in [0.15, 0.2) is 0 Å². The van der Waals surface area contributed by atoms with Gasteiger partial charge in [0.2, 0.25) is 0 Å². The lowest BCUT2D eigenvalue weighted by Gasteiger charge is -1.96. The number of hydrogen-bond acceptors (Lipinski definition) is 2. The minimum Gasteiger partial charge on any atom is -0.376 e. The van der Waals surface area contributed by atoms with Crippen molar-refractivity contribution in [3.63, 3.8) is 0 Å². The van der Waals surface area contributed by atoms with Crippen LogP contribution in [0.2, 0.25) is 0 Å². The van der Waals surface area contributed by atoms with Gasteiger partial charge in [0.15, 0.2) is 5.11 Å². The van der Waals surface area contributed by atoms with Crippen LogP contribution < -0.4 is 11.1 Å². The first-order valence-electron chi connectivity index (χ1n) is 1.91. The summed E-state index contributed by atoms with van der Waals surface area (Å²) in [5, 5.41) is 3.07. The molecule has 0 radical (unpaired) electrons. The first kappa shape index (κ1) is 11.2. The molecular weight excluding hydrogens is 164 g/mol. The Hall–Kier alpha value is 0.330. The Morgan fingerprint density at radius 3 is 2.38 bits per heavy atom. The Morgan fingerprint density at radius 2 is 2.25 bits per heavy atom. The third-order valence-electron chi connectivity index (χ3n) is 0.411. The average Bonchev–Trinajstić information content (AvgIpc) is 1.61. The van der Waals surface area contributed by atoms with Gasteiger partial charge in [0.05, 0.1) is 0 Å². The van der Waals surface area contributed by atoms with E-state index in [9.17, 15) is 0 Å². The second-order valence-corrected chi connectivity index (χ2v) is 1.90. The molecule has 0 unspecified atom stereocenters. The summed E-state index contributed by atoms with van der Waals surface area (Å²) in [6.07, 6.45) is 0. The van der Waals surface area contributed by atoms with Crippen LogP contribution in [0.25, 0.3) is 0 Å². The van der Waals surface area contributed by atoms with E-state index >= 15 is 0 Å². The number of nitrogens with one attached hydrogen (secondary N) is 1. The number of rotatable bonds is 2. The van der Waals surface area contributed by atoms with Gasteiger partial charge in [-0.05, 0) is 12.2 Å². The van der Waals surface area contributed by atoms with Crippen LogP contribution in [0.3, 0.4) is 0 Å². The van der Waals surface area contributed by atoms with Crippen LogP contribution >= 0.6 is 37.3 Å². The van der Waals surface area contributed by atoms with Crippen LogP contribution in [-0.2, 0) is 0 Å². The lowest BCUT2D eigenvalue weighted by molar-refractivity contribution is 0.987. The molecule has 0 fully saturated rings. The maximum absolute atomic E-state index is 5.06. The van der Waals surface area contributed by atoms with Crippen LogP contribution in [0.5, 0.6) is 0 Å². The molecule has 0 atom stereocenters. The van der Waals surface area contributed by atoms with Crippen LogP contribution in [0.4, 0.5) is 0 Å². The number of halogens is 1. The van der Waals surface area contributed by atoms with Gasteiger partial charge >= 0.3 is 0 Å². The molecule has 0 aliphatic rings. The van der Waals surface area contributed by atoms with Crippen molar-refractivity contribution in [1.29, 1.82) is 0 Å². The summed E-state index contributed by atoms with van der Waals surface area (Å²) in [6.45, 7) is 0.748. The molecule has 0 aromatic carbocycles. The highest BCUT2D eigenvalue weighted by molar-refractivity contribution is 7.80. The summed E-state index contributed by atoms with van der Waals surface area (Å²) >= 11 is 8.41. The Balaban J connectivity index is 0. The van der Waals surface area contributed by atoms with Gasteiger partial charge in [-0.1, -0.05) is 0 Å². The van der Waals surface area contributed by atoms with E-state index in [2.05, 4.69) is 30.2 Å². The molecule has 0 spiro atoms. The zero-order valence-corrected chi connectivity index (χ0v) is 6.78. The lowest BCUT2D eigenvalue weighted by atomic mass is 10.7. The summed E-state index contributed by atoms with van der Waals surface area (Å²) in [6, 6.07) is 0. The zero-order valence-electron chi connectivity index (χ0n) is 4.26. The van der Waals surface area contributed by atoms with E-state index in [0.29, 0.717) is 5.11 Å². The van der Waals surface area contributed by atoms with Crippen molar-refractivity contribution in [2.45, 2.75) is 0 Å². The molecule has 0 aromatic heterocycles. The monoisotopic (exact) mass is 172 g/mol. The summed E-state index contributed by atoms with van der Waals surface area (Å²) < 4.78 is 0. The highest BCUT2D eigenvalue weighted by Crippen LogP contribution is 1.66. The molecule has 0 heterocycles. The fraction of sp³-hybridized carbons (Fsp3) is 0.667. The van der Waals surface area contributed by atoms with Gasteiger partial charge in [0.25, 0.3) is 0 Å². The Morgan fingerprint density at radius 1 is 1.75 bits per heavy atom. The molecular formula is C3H9ClN2S2. The van der Waals surface area contributed by atoms with Gasteiger partial charge in [0, 0.05) is 12.3 Å². The highest BCUT2D eigenvalue weighted by Gasteiger charge is 1.79. The first-order valence-corrected chi connectivity index (χ1v) is 2.95. The van der Waals surface area contributed by atoms with E-state index in [-0.39, 0.29) is 12.4 Å². The summed E-state index contributed by atoms with van der Waals surface area (Å²) in [5.41, 5.74) is 5.06. The predicted molar refractivity (Wildman–Crippen MR) is 45.9 cm³/mol. The predicted octanol–water partition coefficient (Wildman–Crippen LogP) is 0.171. The smallest absolute Gasteiger partial charge is 0.163 e. The number of thiocarbonyl (C=S) groups is 1. The topological polar surface area (TPSA) is 38.0 Å². The summed E-state index contributed by atoms with van der Waals surface area (Å²) in [7, 11) is 0. The molecule has 0 rings (SSSR count). The van der Waals surface area contributed by atoms with E-state index in [1.807, 2.05) is 0 Å². The SMILES string of the molecule is Cl.NC(=S)NCCS. The maximum atomic E-state index is 5.06. The van der Waals surface area contributed by atoms with Crippen LogP contribution in [-0.4, -0.2) is 17.4 Å². The van der Waals surface area contributed by atoms with E-state index in [1.54, 1.807) is 0 Å². The summed E-state index contributed by atoms with van der Waals surface area (Å²) in [4.78, 5) is 0. The fourth-order valence-corrected chi connectivity index (χ4v) is 0.393. The van der Waals surface area contributed by atoms with Gasteiger partial charge in [-0.2, -0.15) is 12.6 Å². The van der Waals surface area contributed by atoms with E-state index in [0.717, 1.165) is 12.3 Å². The van der Waals surface area contributed by atoms with Crippen molar-refractivity contribution >= 4 is 42.4 Å². The Bertz CT molecular complexity index is 68.3. The molecule has 5 heteroatoms. The van der Waals surface area contributed by atoms with Gasteiger partial charge in [-0.3, -0.25) is 0 Å². The summed E-state index contributed by atoms with van der Waals surface area (Å²) in [5.74, 6) is 0.761. The Kier molecular flexibility index (Phi) is 10.2. The second-order valence-electron chi connectivity index (χ2n) is 1.01. The van der Waals surface area contributed by atoms with Gasteiger partial charge in [-0.25, -0.2) is 0 Å². The number of thiol groups is 1. The highest BCUT2D eigenvalue weighted by atomic mass is 35.5. The molecule has 0 aromatic rings. The van der Waals surface area contributed by atoms with Crippen LogP contribution in [0.1, 0.15) is 0 Å². The average molecular weight is 173 g/mol. The van der Waals surface area contributed by atoms with Gasteiger partial charge in [0.1, 0.15) is 0 Å². The first-order chi connectivity index (χ1) is 3.27. The molecule has 0 aliphatic carbocycles. The van der Waals surface area contributed by atoms with Crippen LogP contribution in [0, 0.1) is 0 Å². The quantitative estimate of drug-likeness (QED) is 0.411. The Labute approximate surface area is 66.0 Å². The maximum Gasteiger partial charge on any atom is 0.163 e. The van der Waals surface area contributed by atoms with Crippen molar-refractivity contribution in [3.8, 4) is 0 Å². The zero-order chi connectivity index (χ0) is 5.70. The van der Waals surface area contributed by atoms with Crippen molar-refractivity contribution in [3.05, 3.63) is 0 Å². The van der Waals surface area contributed by atoms with Gasteiger partial charge < -0.3 is 11.1 Å². The van der Waals surface area contributed by atoms with Crippen molar-refractivity contribution in [2.75, 3.05) is 12.3 Å². The number of nitrogens with two attached hydrogens (primary N) is 1. The van der Waals surface area contributed by atoms with E-state index in [1.165, 1.54) is 0 Å². The van der Waals surface area contributed by atoms with E-state index in [4.69, 9.17) is 5.73 Å². The largest absolute Gasteiger partial charge is 0.376 e.